The third-order valence-corrected chi connectivity index (χ3v) is 12.9. The molecule has 13 heteroatoms. The van der Waals surface area contributed by atoms with E-state index in [1.807, 2.05) is 62.4 Å². The normalized spacial score (nSPS) is 27.6. The van der Waals surface area contributed by atoms with E-state index in [9.17, 15) is 27.6 Å². The Morgan fingerprint density at radius 2 is 1.86 bits per heavy atom. The van der Waals surface area contributed by atoms with Gasteiger partial charge in [0.05, 0.1) is 28.0 Å². The second-order valence-corrected chi connectivity index (χ2v) is 16.8. The van der Waals surface area contributed by atoms with Crippen LogP contribution in [0.3, 0.4) is 0 Å². The molecule has 3 saturated carbocycles. The molecule has 1 aromatic carbocycles. The van der Waals surface area contributed by atoms with Gasteiger partial charge in [-0.25, -0.2) is 13.2 Å². The summed E-state index contributed by atoms with van der Waals surface area (Å²) in [4.78, 5) is 61.2. The standard InChI is InChI=1S/C37H47N5O7S/c1-5-25-12-10-13-30(38-25)27-15-14-23(2)19-31(27)39-35(46)49-26-20-28-29(21-26)33(44)42(4)18-9-7-6-8-11-24-22-37(24,40-32(28)43)34(45)41-50(47,48)36(3)16-17-36/h8,10-15,19,24,26,28-29H,5-7,9,16-18,20-22H2,1-4H3,(H,39,46)(H,40,43)(H,41,45). The minimum Gasteiger partial charge on any atom is -0.446 e. The van der Waals surface area contributed by atoms with Crippen molar-refractivity contribution in [3.8, 4) is 11.3 Å². The summed E-state index contributed by atoms with van der Waals surface area (Å²) in [6, 6.07) is 11.4. The maximum absolute atomic E-state index is 14.1. The van der Waals surface area contributed by atoms with Crippen LogP contribution in [0.2, 0.25) is 0 Å². The maximum Gasteiger partial charge on any atom is 0.411 e. The molecule has 0 saturated heterocycles. The molecule has 5 unspecified atom stereocenters. The number of aromatic nitrogens is 1. The number of allylic oxidation sites excluding steroid dienone is 1. The van der Waals surface area contributed by atoms with Gasteiger partial charge in [-0.05, 0) is 95.4 Å². The quantitative estimate of drug-likeness (QED) is 0.351. The lowest BCUT2D eigenvalue weighted by molar-refractivity contribution is -0.140. The van der Waals surface area contributed by atoms with Crippen LogP contribution in [0.5, 0.6) is 0 Å². The Hall–Kier alpha value is -4.26. The Bertz CT molecular complexity index is 1820. The number of fused-ring (bicyclic) bond motifs is 2. The fraction of sp³-hybridized carbons (Fsp3) is 0.541. The average Bonchev–Trinajstić information content (AvgIpc) is 3.96. The molecule has 4 aliphatic rings. The van der Waals surface area contributed by atoms with E-state index in [1.165, 1.54) is 0 Å². The number of carbonyl (C=O) groups excluding carboxylic acids is 4. The number of sulfonamides is 1. The van der Waals surface area contributed by atoms with Gasteiger partial charge in [0.15, 0.2) is 0 Å². The lowest BCUT2D eigenvalue weighted by Gasteiger charge is -2.27. The highest BCUT2D eigenvalue weighted by Gasteiger charge is 2.63. The third-order valence-electron chi connectivity index (χ3n) is 10.8. The predicted molar refractivity (Wildman–Crippen MR) is 188 cm³/mol. The van der Waals surface area contributed by atoms with E-state index in [0.29, 0.717) is 30.8 Å². The summed E-state index contributed by atoms with van der Waals surface area (Å²) in [6.45, 7) is 6.05. The minimum absolute atomic E-state index is 0.0683. The lowest BCUT2D eigenvalue weighted by atomic mass is 9.93. The monoisotopic (exact) mass is 705 g/mol. The van der Waals surface area contributed by atoms with Crippen molar-refractivity contribution in [3.63, 3.8) is 0 Å². The first-order valence-electron chi connectivity index (χ1n) is 17.6. The van der Waals surface area contributed by atoms with Crippen LogP contribution in [0.1, 0.15) is 76.5 Å². The first-order chi connectivity index (χ1) is 23.7. The van der Waals surface area contributed by atoms with Gasteiger partial charge in [-0.15, -0.1) is 0 Å². The average molecular weight is 706 g/mol. The van der Waals surface area contributed by atoms with E-state index in [4.69, 9.17) is 9.72 Å². The van der Waals surface area contributed by atoms with E-state index in [-0.39, 0.29) is 31.1 Å². The number of nitrogens with zero attached hydrogens (tertiary/aromatic N) is 2. The molecule has 12 nitrogen and oxygen atoms in total. The number of anilines is 1. The third kappa shape index (κ3) is 7.28. The van der Waals surface area contributed by atoms with Crippen LogP contribution >= 0.6 is 0 Å². The molecule has 3 fully saturated rings. The zero-order valence-electron chi connectivity index (χ0n) is 29.2. The summed E-state index contributed by atoms with van der Waals surface area (Å²) < 4.78 is 33.1. The van der Waals surface area contributed by atoms with Crippen molar-refractivity contribution in [1.29, 1.82) is 0 Å². The minimum atomic E-state index is -3.94. The summed E-state index contributed by atoms with van der Waals surface area (Å²) in [5.74, 6) is -3.61. The van der Waals surface area contributed by atoms with Crippen molar-refractivity contribution in [2.45, 2.75) is 94.9 Å². The van der Waals surface area contributed by atoms with Gasteiger partial charge in [0.2, 0.25) is 21.8 Å². The van der Waals surface area contributed by atoms with Gasteiger partial charge in [0.1, 0.15) is 11.6 Å². The fourth-order valence-electron chi connectivity index (χ4n) is 7.09. The highest BCUT2D eigenvalue weighted by molar-refractivity contribution is 7.91. The van der Waals surface area contributed by atoms with Crippen LogP contribution in [0.15, 0.2) is 48.6 Å². The molecule has 5 atom stereocenters. The number of benzene rings is 1. The molecule has 268 valence electrons. The molecule has 0 bridgehead atoms. The summed E-state index contributed by atoms with van der Waals surface area (Å²) in [5, 5.41) is 5.74. The number of pyridine rings is 1. The Morgan fingerprint density at radius 3 is 2.60 bits per heavy atom. The van der Waals surface area contributed by atoms with Crippen molar-refractivity contribution in [2.75, 3.05) is 18.9 Å². The summed E-state index contributed by atoms with van der Waals surface area (Å²) in [5.41, 5.74) is 2.36. The van der Waals surface area contributed by atoms with Gasteiger partial charge in [-0.3, -0.25) is 29.4 Å². The van der Waals surface area contributed by atoms with Crippen LogP contribution < -0.4 is 15.4 Å². The topological polar surface area (TPSA) is 164 Å². The number of ether oxygens (including phenoxy) is 1. The zero-order valence-corrected chi connectivity index (χ0v) is 30.0. The van der Waals surface area contributed by atoms with Crippen LogP contribution in [0.4, 0.5) is 10.5 Å². The van der Waals surface area contributed by atoms with Crippen molar-refractivity contribution >= 4 is 39.5 Å². The van der Waals surface area contributed by atoms with Gasteiger partial charge in [0, 0.05) is 30.8 Å². The van der Waals surface area contributed by atoms with Crippen molar-refractivity contribution in [1.82, 2.24) is 19.9 Å². The van der Waals surface area contributed by atoms with E-state index in [0.717, 1.165) is 42.5 Å². The molecule has 0 radical (unpaired) electrons. The number of amides is 4. The highest BCUT2D eigenvalue weighted by Crippen LogP contribution is 2.48. The van der Waals surface area contributed by atoms with Gasteiger partial charge in [0.25, 0.3) is 5.91 Å². The molecular weight excluding hydrogens is 659 g/mol. The van der Waals surface area contributed by atoms with E-state index >= 15 is 0 Å². The summed E-state index contributed by atoms with van der Waals surface area (Å²) in [6.07, 6.45) is 6.77. The predicted octanol–water partition coefficient (Wildman–Crippen LogP) is 4.63. The van der Waals surface area contributed by atoms with Crippen LogP contribution in [-0.2, 0) is 35.6 Å². The molecular formula is C37H47N5O7S. The van der Waals surface area contributed by atoms with Gasteiger partial charge >= 0.3 is 6.09 Å². The Labute approximate surface area is 293 Å². The highest BCUT2D eigenvalue weighted by atomic mass is 32.2. The second-order valence-electron chi connectivity index (χ2n) is 14.6. The van der Waals surface area contributed by atoms with Crippen LogP contribution in [0.25, 0.3) is 11.3 Å². The molecule has 1 aliphatic heterocycles. The summed E-state index contributed by atoms with van der Waals surface area (Å²) >= 11 is 0. The van der Waals surface area contributed by atoms with Crippen molar-refractivity contribution in [2.24, 2.45) is 17.8 Å². The van der Waals surface area contributed by atoms with E-state index in [2.05, 4.69) is 15.4 Å². The number of hydrogen-bond donors (Lipinski definition) is 3. The van der Waals surface area contributed by atoms with E-state index in [1.54, 1.807) is 18.9 Å². The van der Waals surface area contributed by atoms with Crippen molar-refractivity contribution in [3.05, 3.63) is 59.8 Å². The molecule has 4 amide bonds. The number of hydrogen-bond acceptors (Lipinski definition) is 8. The molecule has 0 spiro atoms. The number of rotatable bonds is 7. The SMILES string of the molecule is CCc1cccc(-c2ccc(C)cc2NC(=O)OC2CC3C(=O)NC4(C(=O)NS(=O)(=O)C5(C)CC5)CC4C=CCCCCN(C)C(=O)C3C2)n1. The Morgan fingerprint density at radius 1 is 1.10 bits per heavy atom. The van der Waals surface area contributed by atoms with E-state index < -0.39 is 56.2 Å². The van der Waals surface area contributed by atoms with Gasteiger partial charge in [-0.1, -0.05) is 37.3 Å². The molecule has 6 rings (SSSR count). The number of nitrogens with one attached hydrogen (secondary N) is 3. The molecule has 3 N–H and O–H groups in total. The Kier molecular flexibility index (Phi) is 9.82. The van der Waals surface area contributed by atoms with Crippen LogP contribution in [-0.4, -0.2) is 72.1 Å². The molecule has 2 heterocycles. The molecule has 1 aromatic heterocycles. The maximum atomic E-state index is 14.1. The molecule has 2 aromatic rings. The zero-order chi connectivity index (χ0) is 35.8. The molecule has 50 heavy (non-hydrogen) atoms. The van der Waals surface area contributed by atoms with Crippen LogP contribution in [0, 0.1) is 24.7 Å². The van der Waals surface area contributed by atoms with Gasteiger partial charge in [-0.2, -0.15) is 0 Å². The first kappa shape index (κ1) is 35.6. The molecule has 3 aliphatic carbocycles. The largest absolute Gasteiger partial charge is 0.446 e. The number of aryl methyl sites for hydroxylation is 2. The van der Waals surface area contributed by atoms with Gasteiger partial charge < -0.3 is 15.0 Å². The smallest absolute Gasteiger partial charge is 0.411 e. The van der Waals surface area contributed by atoms with Crippen molar-refractivity contribution < 1.29 is 32.3 Å². The second kappa shape index (κ2) is 13.8. The first-order valence-corrected chi connectivity index (χ1v) is 19.1. The lowest BCUT2D eigenvalue weighted by Crippen LogP contribution is -2.55. The number of carbonyl (C=O) groups is 4. The fourth-order valence-corrected chi connectivity index (χ4v) is 8.40. The summed E-state index contributed by atoms with van der Waals surface area (Å²) in [7, 11) is -2.23. The Balaban J connectivity index is 1.21.